The van der Waals surface area contributed by atoms with E-state index in [-0.39, 0.29) is 18.6 Å². The van der Waals surface area contributed by atoms with E-state index in [1.807, 2.05) is 26.0 Å². The van der Waals surface area contributed by atoms with Crippen LogP contribution in [0.4, 0.5) is 0 Å². The number of hydrogen-bond donors (Lipinski definition) is 1. The maximum Gasteiger partial charge on any atom is 0.311 e. The summed E-state index contributed by atoms with van der Waals surface area (Å²) in [6, 6.07) is 6.77. The first-order valence-corrected chi connectivity index (χ1v) is 19.3. The van der Waals surface area contributed by atoms with Gasteiger partial charge in [-0.25, -0.2) is 0 Å². The summed E-state index contributed by atoms with van der Waals surface area (Å²) in [7, 11) is 0. The first-order valence-electron chi connectivity index (χ1n) is 18.9. The molecule has 0 radical (unpaired) electrons. The molecule has 3 rings (SSSR count). The lowest BCUT2D eigenvalue weighted by atomic mass is 9.86. The van der Waals surface area contributed by atoms with Gasteiger partial charge in [0.1, 0.15) is 12.7 Å². The van der Waals surface area contributed by atoms with E-state index in [1.54, 1.807) is 95.2 Å². The van der Waals surface area contributed by atoms with Crippen LogP contribution in [0.5, 0.6) is 0 Å². The second kappa shape index (κ2) is 18.0. The average molecular weight is 782 g/mol. The van der Waals surface area contributed by atoms with Gasteiger partial charge in [-0.05, 0) is 127 Å². The Morgan fingerprint density at radius 1 is 0.741 bits per heavy atom. The molecule has 0 bridgehead atoms. The van der Waals surface area contributed by atoms with Gasteiger partial charge in [0, 0.05) is 23.6 Å². The molecule has 8 atom stereocenters. The van der Waals surface area contributed by atoms with E-state index in [4.69, 9.17) is 44.8 Å². The van der Waals surface area contributed by atoms with Crippen LogP contribution < -0.4 is 5.32 Å². The summed E-state index contributed by atoms with van der Waals surface area (Å²) >= 11 is 6.34. The minimum atomic E-state index is -1.39. The lowest BCUT2D eigenvalue weighted by Crippen LogP contribution is -2.67. The Morgan fingerprint density at radius 3 is 1.70 bits per heavy atom. The van der Waals surface area contributed by atoms with Crippen LogP contribution in [0.2, 0.25) is 5.02 Å². The molecule has 0 aliphatic carbocycles. The average Bonchev–Trinajstić information content (AvgIpc) is 3.03. The predicted molar refractivity (Wildman–Crippen MR) is 203 cm³/mol. The number of halogens is 1. The quantitative estimate of drug-likeness (QED) is 0.177. The van der Waals surface area contributed by atoms with Gasteiger partial charge in [-0.3, -0.25) is 24.5 Å². The molecule has 12 nitrogen and oxygen atoms in total. The summed E-state index contributed by atoms with van der Waals surface area (Å²) in [5, 5.41) is 4.13. The highest BCUT2D eigenvalue weighted by Gasteiger charge is 2.55. The molecular formula is C41H64ClNO11. The highest BCUT2D eigenvalue weighted by molar-refractivity contribution is 6.30. The zero-order chi connectivity index (χ0) is 41.0. The fourth-order valence-electron chi connectivity index (χ4n) is 5.69. The third-order valence-corrected chi connectivity index (χ3v) is 9.16. The minimum absolute atomic E-state index is 0.144. The van der Waals surface area contributed by atoms with Crippen LogP contribution in [0.15, 0.2) is 24.3 Å². The van der Waals surface area contributed by atoms with Gasteiger partial charge in [-0.15, -0.1) is 0 Å². The van der Waals surface area contributed by atoms with E-state index < -0.39 is 88.5 Å². The normalized spacial score (nSPS) is 26.1. The molecule has 0 unspecified atom stereocenters. The molecule has 0 saturated carbocycles. The summed E-state index contributed by atoms with van der Waals surface area (Å²) in [6.07, 6.45) is -5.75. The number of esters is 4. The first kappa shape index (κ1) is 45.6. The molecule has 0 spiro atoms. The Hall–Kier alpha value is -2.77. The number of hydrogen-bond acceptors (Lipinski definition) is 12. The third-order valence-electron chi connectivity index (χ3n) is 8.91. The van der Waals surface area contributed by atoms with Crippen molar-refractivity contribution >= 4 is 35.5 Å². The van der Waals surface area contributed by atoms with Crippen molar-refractivity contribution in [1.82, 2.24) is 5.32 Å². The van der Waals surface area contributed by atoms with E-state index in [2.05, 4.69) is 5.32 Å². The molecule has 1 N–H and O–H groups in total. The lowest BCUT2D eigenvalue weighted by molar-refractivity contribution is -0.269. The number of carbonyl (C=O) groups is 4. The minimum Gasteiger partial charge on any atom is -0.462 e. The van der Waals surface area contributed by atoms with Crippen LogP contribution >= 0.6 is 11.6 Å². The topological polar surface area (TPSA) is 145 Å². The van der Waals surface area contributed by atoms with E-state index in [1.165, 1.54) is 0 Å². The molecule has 0 aromatic heterocycles. The summed E-state index contributed by atoms with van der Waals surface area (Å²) in [4.78, 5) is 54.3. The molecule has 2 fully saturated rings. The Balaban J connectivity index is 2.28. The van der Waals surface area contributed by atoms with Crippen molar-refractivity contribution in [1.29, 1.82) is 0 Å². The molecule has 1 aromatic rings. The lowest BCUT2D eigenvalue weighted by Gasteiger charge is -2.48. The van der Waals surface area contributed by atoms with Gasteiger partial charge < -0.3 is 33.2 Å². The van der Waals surface area contributed by atoms with Crippen LogP contribution in [0.3, 0.4) is 0 Å². The smallest absolute Gasteiger partial charge is 0.311 e. The summed E-state index contributed by atoms with van der Waals surface area (Å²) in [5.74, 6) is -2.66. The molecule has 54 heavy (non-hydrogen) atoms. The van der Waals surface area contributed by atoms with E-state index in [9.17, 15) is 19.2 Å². The highest BCUT2D eigenvalue weighted by Crippen LogP contribution is 2.39. The van der Waals surface area contributed by atoms with Crippen LogP contribution in [0.1, 0.15) is 121 Å². The number of nitrogens with one attached hydrogen (secondary N) is 1. The highest BCUT2D eigenvalue weighted by atomic mass is 35.5. The Bertz CT molecular complexity index is 1440. The number of rotatable bonds is 11. The largest absolute Gasteiger partial charge is 0.462 e. The van der Waals surface area contributed by atoms with Crippen molar-refractivity contribution in [2.75, 3.05) is 13.2 Å². The Kier molecular flexibility index (Phi) is 15.2. The van der Waals surface area contributed by atoms with Gasteiger partial charge in [-0.1, -0.05) is 23.7 Å². The van der Waals surface area contributed by atoms with Crippen molar-refractivity contribution in [2.45, 2.75) is 159 Å². The van der Waals surface area contributed by atoms with E-state index in [0.29, 0.717) is 18.1 Å². The molecule has 2 aliphatic rings. The number of benzene rings is 1. The zero-order valence-corrected chi connectivity index (χ0v) is 35.5. The van der Waals surface area contributed by atoms with Gasteiger partial charge in [0.25, 0.3) is 0 Å². The molecule has 2 saturated heterocycles. The Morgan fingerprint density at radius 2 is 1.22 bits per heavy atom. The first-order chi connectivity index (χ1) is 24.7. The molecule has 2 heterocycles. The van der Waals surface area contributed by atoms with Gasteiger partial charge in [-0.2, -0.15) is 0 Å². The molecule has 13 heteroatoms. The third kappa shape index (κ3) is 12.6. The van der Waals surface area contributed by atoms with E-state index >= 15 is 0 Å². The van der Waals surface area contributed by atoms with Crippen LogP contribution in [-0.2, 0) is 52.3 Å². The van der Waals surface area contributed by atoms with Crippen molar-refractivity contribution in [3.63, 3.8) is 0 Å². The molecule has 2 aliphatic heterocycles. The summed E-state index contributed by atoms with van der Waals surface area (Å²) in [5.41, 5.74) is -3.01. The van der Waals surface area contributed by atoms with Crippen LogP contribution in [-0.4, -0.2) is 80.1 Å². The second-order valence-corrected chi connectivity index (χ2v) is 19.2. The number of ether oxygens (including phenoxy) is 7. The number of carbonyl (C=O) groups excluding carboxylic acids is 4. The predicted octanol–water partition coefficient (Wildman–Crippen LogP) is 7.34. The second-order valence-electron chi connectivity index (χ2n) is 18.7. The molecule has 1 aromatic carbocycles. The zero-order valence-electron chi connectivity index (χ0n) is 34.7. The van der Waals surface area contributed by atoms with Crippen molar-refractivity contribution < 1.29 is 52.3 Å². The van der Waals surface area contributed by atoms with E-state index in [0.717, 1.165) is 12.0 Å². The van der Waals surface area contributed by atoms with Crippen LogP contribution in [0.25, 0.3) is 0 Å². The maximum absolute atomic E-state index is 13.8. The SMILES string of the molecule is CC(C)O[C@H]1OCCC[C@@H]1[C@H](N[C@@H]1O[C@H](COC(=O)C(C)(C)C)[C@H](OC(=O)C(C)(C)C)[C@H](OC(=O)C(C)(C)C)[C@H]1OC(=O)C(C)(C)C)c1ccc(Cl)cc1. The van der Waals surface area contributed by atoms with Crippen molar-refractivity contribution in [3.8, 4) is 0 Å². The monoisotopic (exact) mass is 781 g/mol. The summed E-state index contributed by atoms with van der Waals surface area (Å²) in [6.45, 7) is 24.4. The van der Waals surface area contributed by atoms with Crippen LogP contribution in [0, 0.1) is 27.6 Å². The standard InChI is InChI=1S/C41H64ClNO11/c1-23(2)50-33-26(16-15-21-48-33)28(24-17-19-25(42)20-18-24)43-32-31(54-37(47)41(12,13)14)30(53-36(46)40(9,10)11)29(52-35(45)39(6,7)8)27(51-32)22-49-34(44)38(3,4)5/h17-20,23,26-33,43H,15-16,21-22H2,1-14H3/t26-,27-,28-,29+,30+,31-,32-,33-/m1/s1. The summed E-state index contributed by atoms with van der Waals surface area (Å²) < 4.78 is 43.6. The fraction of sp³-hybridized carbons (Fsp3) is 0.756. The van der Waals surface area contributed by atoms with Crippen molar-refractivity contribution in [3.05, 3.63) is 34.9 Å². The maximum atomic E-state index is 13.8. The van der Waals surface area contributed by atoms with Crippen molar-refractivity contribution in [2.24, 2.45) is 27.6 Å². The fourth-order valence-corrected chi connectivity index (χ4v) is 5.81. The van der Waals surface area contributed by atoms with Gasteiger partial charge in [0.2, 0.25) is 0 Å². The molecule has 0 amide bonds. The Labute approximate surface area is 326 Å². The van der Waals surface area contributed by atoms with Gasteiger partial charge in [0.05, 0.1) is 27.8 Å². The molecular weight excluding hydrogens is 718 g/mol. The molecule has 306 valence electrons. The van der Waals surface area contributed by atoms with Gasteiger partial charge in [0.15, 0.2) is 30.8 Å². The van der Waals surface area contributed by atoms with Gasteiger partial charge >= 0.3 is 23.9 Å².